The first-order valence-electron chi connectivity index (χ1n) is 6.06. The van der Waals surface area contributed by atoms with E-state index in [4.69, 9.17) is 16.9 Å². The molecule has 2 aromatic carbocycles. The highest BCUT2D eigenvalue weighted by atomic mass is 35.5. The zero-order valence-corrected chi connectivity index (χ0v) is 12.2. The van der Waals surface area contributed by atoms with E-state index in [0.29, 0.717) is 5.56 Å². The van der Waals surface area contributed by atoms with Gasteiger partial charge in [-0.05, 0) is 35.9 Å². The van der Waals surface area contributed by atoms with Crippen molar-refractivity contribution in [1.82, 2.24) is 0 Å². The molecule has 2 rings (SSSR count). The number of ketones is 1. The fourth-order valence-electron chi connectivity index (χ4n) is 1.71. The summed E-state index contributed by atoms with van der Waals surface area (Å²) in [7, 11) is 0. The third-order valence-corrected chi connectivity index (χ3v) is 4.04. The predicted molar refractivity (Wildman–Crippen MR) is 82.0 cm³/mol. The lowest BCUT2D eigenvalue weighted by Crippen LogP contribution is -1.97. The third kappa shape index (κ3) is 4.12. The molecule has 0 aliphatic heterocycles. The molecule has 2 nitrogen and oxygen atoms in total. The largest absolute Gasteiger partial charge is 0.293 e. The first-order chi connectivity index (χ1) is 9.69. The maximum atomic E-state index is 11.7. The molecule has 100 valence electrons. The van der Waals surface area contributed by atoms with Crippen LogP contribution in [0.1, 0.15) is 22.3 Å². The molecule has 0 bridgehead atoms. The summed E-state index contributed by atoms with van der Waals surface area (Å²) in [6, 6.07) is 17.0. The molecule has 0 spiro atoms. The van der Waals surface area contributed by atoms with Crippen LogP contribution in [0.3, 0.4) is 0 Å². The van der Waals surface area contributed by atoms with Crippen LogP contribution in [-0.4, -0.2) is 5.78 Å². The number of nitrogens with zero attached hydrogens (tertiary/aromatic N) is 1. The molecule has 0 aliphatic carbocycles. The van der Waals surface area contributed by atoms with Crippen LogP contribution < -0.4 is 0 Å². The van der Waals surface area contributed by atoms with E-state index in [-0.39, 0.29) is 12.2 Å². The Hall–Kier alpha value is -1.76. The van der Waals surface area contributed by atoms with Gasteiger partial charge in [-0.2, -0.15) is 5.26 Å². The van der Waals surface area contributed by atoms with Crippen molar-refractivity contribution in [2.45, 2.75) is 17.1 Å². The molecule has 0 fully saturated rings. The fraction of sp³-hybridized carbons (Fsp3) is 0.125. The summed E-state index contributed by atoms with van der Waals surface area (Å²) in [5.74, 6) is 0.640. The number of Topliss-reactive ketones (excluding diaryl/α,β-unsaturated/α-hetero) is 1. The van der Waals surface area contributed by atoms with Gasteiger partial charge in [-0.15, -0.1) is 11.8 Å². The number of carbonyl (C=O) groups excluding carboxylic acids is 1. The number of rotatable bonds is 5. The number of carbonyl (C=O) groups is 1. The molecule has 0 saturated heterocycles. The van der Waals surface area contributed by atoms with Crippen molar-refractivity contribution in [2.75, 3.05) is 0 Å². The first-order valence-corrected chi connectivity index (χ1v) is 7.43. The van der Waals surface area contributed by atoms with E-state index in [2.05, 4.69) is 0 Å². The predicted octanol–water partition coefficient (Wildman–Crippen LogP) is 4.73. The summed E-state index contributed by atoms with van der Waals surface area (Å²) in [5.41, 5.74) is 1.66. The number of benzene rings is 2. The topological polar surface area (TPSA) is 40.9 Å². The number of hydrogen-bond donors (Lipinski definition) is 0. The van der Waals surface area contributed by atoms with Crippen molar-refractivity contribution in [3.8, 4) is 6.07 Å². The Morgan fingerprint density at radius 1 is 1.20 bits per heavy atom. The van der Waals surface area contributed by atoms with E-state index in [1.54, 1.807) is 17.8 Å². The van der Waals surface area contributed by atoms with Gasteiger partial charge in [-0.3, -0.25) is 4.79 Å². The van der Waals surface area contributed by atoms with Gasteiger partial charge in [-0.25, -0.2) is 0 Å². The third-order valence-electron chi connectivity index (χ3n) is 2.71. The lowest BCUT2D eigenvalue weighted by atomic mass is 10.1. The smallest absolute Gasteiger partial charge is 0.176 e. The molecule has 0 heterocycles. The highest BCUT2D eigenvalue weighted by molar-refractivity contribution is 7.98. The van der Waals surface area contributed by atoms with E-state index >= 15 is 0 Å². The van der Waals surface area contributed by atoms with Crippen LogP contribution in [0.5, 0.6) is 0 Å². The second-order valence-corrected chi connectivity index (χ2v) is 5.69. The Labute approximate surface area is 127 Å². The molecule has 0 aliphatic rings. The second kappa shape index (κ2) is 7.14. The molecule has 2 aromatic rings. The molecule has 0 N–H and O–H groups in total. The van der Waals surface area contributed by atoms with Crippen molar-refractivity contribution in [2.24, 2.45) is 0 Å². The van der Waals surface area contributed by atoms with Gasteiger partial charge in [-0.1, -0.05) is 29.8 Å². The summed E-state index contributed by atoms with van der Waals surface area (Å²) in [6.45, 7) is 0. The molecule has 0 unspecified atom stereocenters. The van der Waals surface area contributed by atoms with Crippen molar-refractivity contribution >= 4 is 29.1 Å². The Balaban J connectivity index is 2.03. The average Bonchev–Trinajstić information content (AvgIpc) is 2.47. The average molecular weight is 302 g/mol. The summed E-state index contributed by atoms with van der Waals surface area (Å²) in [4.78, 5) is 12.8. The van der Waals surface area contributed by atoms with Crippen LogP contribution in [0.15, 0.2) is 53.4 Å². The number of nitriles is 1. The van der Waals surface area contributed by atoms with Crippen LogP contribution in [-0.2, 0) is 5.75 Å². The van der Waals surface area contributed by atoms with Gasteiger partial charge in [0.1, 0.15) is 0 Å². The lowest BCUT2D eigenvalue weighted by molar-refractivity contribution is 0.0997. The first kappa shape index (κ1) is 14.6. The van der Waals surface area contributed by atoms with Crippen molar-refractivity contribution < 1.29 is 4.79 Å². The highest BCUT2D eigenvalue weighted by Crippen LogP contribution is 2.24. The van der Waals surface area contributed by atoms with Gasteiger partial charge in [0.15, 0.2) is 5.78 Å². The van der Waals surface area contributed by atoms with Gasteiger partial charge in [0.2, 0.25) is 0 Å². The Kier molecular flexibility index (Phi) is 5.23. The molecule has 4 heteroatoms. The highest BCUT2D eigenvalue weighted by Gasteiger charge is 2.06. The standard InChI is InChI=1S/C16H12ClNOS/c17-14-4-6-15(7-5-14)20-11-12-2-1-3-13(10-12)16(19)8-9-18/h1-7,10H,8,11H2. The van der Waals surface area contributed by atoms with Gasteiger partial charge in [0.25, 0.3) is 0 Å². The Bertz CT molecular complexity index is 646. The quantitative estimate of drug-likeness (QED) is 0.592. The summed E-state index contributed by atoms with van der Waals surface area (Å²) < 4.78 is 0. The molecule has 0 amide bonds. The van der Waals surface area contributed by atoms with Crippen LogP contribution in [0, 0.1) is 11.3 Å². The van der Waals surface area contributed by atoms with E-state index in [0.717, 1.165) is 21.2 Å². The summed E-state index contributed by atoms with van der Waals surface area (Å²) in [5, 5.41) is 9.28. The minimum absolute atomic E-state index is 0.0756. The molecule has 20 heavy (non-hydrogen) atoms. The lowest BCUT2D eigenvalue weighted by Gasteiger charge is -2.04. The summed E-state index contributed by atoms with van der Waals surface area (Å²) in [6.07, 6.45) is -0.0756. The number of thioether (sulfide) groups is 1. The van der Waals surface area contributed by atoms with E-state index in [9.17, 15) is 4.79 Å². The zero-order chi connectivity index (χ0) is 14.4. The van der Waals surface area contributed by atoms with Crippen LogP contribution in [0.4, 0.5) is 0 Å². The molecule has 0 atom stereocenters. The molecule has 0 aromatic heterocycles. The van der Waals surface area contributed by atoms with E-state index < -0.39 is 0 Å². The summed E-state index contributed by atoms with van der Waals surface area (Å²) >= 11 is 7.52. The van der Waals surface area contributed by atoms with Crippen molar-refractivity contribution in [3.05, 3.63) is 64.7 Å². The second-order valence-electron chi connectivity index (χ2n) is 4.20. The van der Waals surface area contributed by atoms with Crippen LogP contribution in [0.2, 0.25) is 5.02 Å². The molecule has 0 saturated carbocycles. The maximum Gasteiger partial charge on any atom is 0.176 e. The fourth-order valence-corrected chi connectivity index (χ4v) is 2.67. The molecular formula is C16H12ClNOS. The normalized spacial score (nSPS) is 10.0. The SMILES string of the molecule is N#CCC(=O)c1cccc(CSc2ccc(Cl)cc2)c1. The Morgan fingerprint density at radius 2 is 1.95 bits per heavy atom. The number of halogens is 1. The van der Waals surface area contributed by atoms with Gasteiger partial charge < -0.3 is 0 Å². The van der Waals surface area contributed by atoms with Crippen LogP contribution in [0.25, 0.3) is 0 Å². The minimum atomic E-state index is -0.133. The van der Waals surface area contributed by atoms with E-state index in [1.165, 1.54) is 0 Å². The molecular weight excluding hydrogens is 290 g/mol. The maximum absolute atomic E-state index is 11.7. The van der Waals surface area contributed by atoms with Gasteiger partial charge in [0.05, 0.1) is 12.5 Å². The Morgan fingerprint density at radius 3 is 2.65 bits per heavy atom. The minimum Gasteiger partial charge on any atom is -0.293 e. The number of hydrogen-bond acceptors (Lipinski definition) is 3. The van der Waals surface area contributed by atoms with Crippen molar-refractivity contribution in [1.29, 1.82) is 5.26 Å². The zero-order valence-electron chi connectivity index (χ0n) is 10.7. The van der Waals surface area contributed by atoms with Gasteiger partial charge >= 0.3 is 0 Å². The monoisotopic (exact) mass is 301 g/mol. The van der Waals surface area contributed by atoms with Crippen LogP contribution >= 0.6 is 23.4 Å². The van der Waals surface area contributed by atoms with Crippen molar-refractivity contribution in [3.63, 3.8) is 0 Å². The molecule has 0 radical (unpaired) electrons. The van der Waals surface area contributed by atoms with E-state index in [1.807, 2.05) is 48.5 Å². The van der Waals surface area contributed by atoms with Gasteiger partial charge in [0, 0.05) is 21.2 Å².